The van der Waals surface area contributed by atoms with Crippen molar-refractivity contribution in [1.29, 1.82) is 0 Å². The average molecular weight is 315 g/mol. The lowest BCUT2D eigenvalue weighted by Gasteiger charge is -2.21. The van der Waals surface area contributed by atoms with Crippen molar-refractivity contribution in [3.05, 3.63) is 30.4 Å². The molecule has 0 aromatic heterocycles. The summed E-state index contributed by atoms with van der Waals surface area (Å²) in [7, 11) is 0. The number of anilines is 1. The first-order valence-corrected chi connectivity index (χ1v) is 7.40. The van der Waals surface area contributed by atoms with Crippen LogP contribution in [0.1, 0.15) is 0 Å². The van der Waals surface area contributed by atoms with Crippen LogP contribution in [0.4, 0.5) is 5.69 Å². The molecule has 0 aliphatic carbocycles. The Hall–Kier alpha value is -2.54. The summed E-state index contributed by atoms with van der Waals surface area (Å²) in [6.45, 7) is 0.473. The third-order valence-corrected chi connectivity index (χ3v) is 5.05. The minimum Gasteiger partial charge on any atom is -0.481 e. The molecule has 4 atom stereocenters. The number of carboxylic acid groups (broad SMARTS) is 1. The fourth-order valence-corrected chi connectivity index (χ4v) is 4.05. The van der Waals surface area contributed by atoms with E-state index >= 15 is 0 Å². The van der Waals surface area contributed by atoms with Gasteiger partial charge in [0.25, 0.3) is 0 Å². The third-order valence-electron chi connectivity index (χ3n) is 5.05. The quantitative estimate of drug-likeness (QED) is 0.812. The molecule has 1 amide bonds. The molecule has 2 saturated heterocycles. The third kappa shape index (κ3) is 1.52. The Kier molecular flexibility index (Phi) is 2.28. The number of hydrogen-bond donors (Lipinski definition) is 1. The first-order valence-electron chi connectivity index (χ1n) is 7.40. The molecule has 4 heterocycles. The van der Waals surface area contributed by atoms with Crippen molar-refractivity contribution in [2.24, 2.45) is 11.8 Å². The predicted molar refractivity (Wildman–Crippen MR) is 76.3 cm³/mol. The van der Waals surface area contributed by atoms with Crippen molar-refractivity contribution in [2.75, 3.05) is 18.2 Å². The monoisotopic (exact) mass is 315 g/mol. The van der Waals surface area contributed by atoms with E-state index in [0.29, 0.717) is 23.7 Å². The molecule has 5 rings (SSSR count). The molecule has 0 unspecified atom stereocenters. The van der Waals surface area contributed by atoms with Crippen LogP contribution in [0.25, 0.3) is 0 Å². The number of fused-ring (bicyclic) bond motifs is 2. The number of ether oxygens (including phenoxy) is 3. The van der Waals surface area contributed by atoms with Gasteiger partial charge in [0.1, 0.15) is 11.5 Å². The Morgan fingerprint density at radius 1 is 1.30 bits per heavy atom. The zero-order valence-electron chi connectivity index (χ0n) is 12.0. The lowest BCUT2D eigenvalue weighted by molar-refractivity contribution is -0.146. The minimum atomic E-state index is -0.993. The number of aliphatic carboxylic acids is 1. The summed E-state index contributed by atoms with van der Waals surface area (Å²) < 4.78 is 16.5. The van der Waals surface area contributed by atoms with Crippen molar-refractivity contribution in [2.45, 2.75) is 11.7 Å². The van der Waals surface area contributed by atoms with Gasteiger partial charge in [-0.05, 0) is 12.1 Å². The Balaban J connectivity index is 1.54. The highest BCUT2D eigenvalue weighted by Crippen LogP contribution is 2.53. The molecular weight excluding hydrogens is 302 g/mol. The zero-order chi connectivity index (χ0) is 15.8. The van der Waals surface area contributed by atoms with Gasteiger partial charge in [-0.3, -0.25) is 9.59 Å². The molecule has 118 valence electrons. The minimum absolute atomic E-state index is 0.161. The number of amides is 1. The van der Waals surface area contributed by atoms with Crippen molar-refractivity contribution in [3.8, 4) is 11.5 Å². The van der Waals surface area contributed by atoms with E-state index in [1.807, 2.05) is 6.08 Å². The van der Waals surface area contributed by atoms with Crippen LogP contribution in [0.2, 0.25) is 0 Å². The first kappa shape index (κ1) is 13.0. The molecule has 7 nitrogen and oxygen atoms in total. The highest BCUT2D eigenvalue weighted by molar-refractivity contribution is 6.02. The average Bonchev–Trinajstić information content (AvgIpc) is 3.26. The van der Waals surface area contributed by atoms with Gasteiger partial charge in [-0.2, -0.15) is 0 Å². The molecule has 1 N–H and O–H groups in total. The van der Waals surface area contributed by atoms with Crippen LogP contribution in [0.15, 0.2) is 30.4 Å². The summed E-state index contributed by atoms with van der Waals surface area (Å²) >= 11 is 0. The van der Waals surface area contributed by atoms with Gasteiger partial charge in [-0.25, -0.2) is 0 Å². The van der Waals surface area contributed by atoms with Crippen molar-refractivity contribution in [1.82, 2.24) is 0 Å². The second-order valence-electron chi connectivity index (χ2n) is 6.20. The number of carbonyl (C=O) groups is 2. The van der Waals surface area contributed by atoms with Crippen LogP contribution in [-0.4, -0.2) is 42.0 Å². The maximum absolute atomic E-state index is 12.9. The van der Waals surface area contributed by atoms with E-state index in [-0.39, 0.29) is 12.7 Å². The largest absolute Gasteiger partial charge is 0.481 e. The number of nitrogens with zero attached hydrogens (tertiary/aromatic N) is 1. The summed E-state index contributed by atoms with van der Waals surface area (Å²) in [5.74, 6) is -1.50. The summed E-state index contributed by atoms with van der Waals surface area (Å²) in [6, 6.07) is 5.26. The molecule has 2 fully saturated rings. The van der Waals surface area contributed by atoms with E-state index in [1.165, 1.54) is 0 Å². The van der Waals surface area contributed by atoms with Gasteiger partial charge in [0.05, 0.1) is 18.6 Å². The second kappa shape index (κ2) is 4.05. The lowest BCUT2D eigenvalue weighted by Crippen LogP contribution is -2.39. The van der Waals surface area contributed by atoms with E-state index in [4.69, 9.17) is 14.2 Å². The Morgan fingerprint density at radius 3 is 2.96 bits per heavy atom. The van der Waals surface area contributed by atoms with Gasteiger partial charge in [0.15, 0.2) is 11.5 Å². The number of benzene rings is 1. The SMILES string of the molecule is O=C(O)[C@H]1[C@H]2C=C[C@]3(CN(c4ccc5c(c4)OCO5)C(=O)[C@@H]13)O2. The summed E-state index contributed by atoms with van der Waals surface area (Å²) in [6.07, 6.45) is 3.08. The predicted octanol–water partition coefficient (Wildman–Crippen LogP) is 0.786. The highest BCUT2D eigenvalue weighted by Gasteiger charge is 2.67. The van der Waals surface area contributed by atoms with Crippen LogP contribution in [-0.2, 0) is 14.3 Å². The van der Waals surface area contributed by atoms with E-state index in [1.54, 1.807) is 29.2 Å². The fourth-order valence-electron chi connectivity index (χ4n) is 4.05. The zero-order valence-corrected chi connectivity index (χ0v) is 12.0. The van der Waals surface area contributed by atoms with Crippen LogP contribution in [0, 0.1) is 11.8 Å². The van der Waals surface area contributed by atoms with Crippen LogP contribution >= 0.6 is 0 Å². The summed E-state index contributed by atoms with van der Waals surface area (Å²) in [5.41, 5.74) is -0.172. The molecule has 4 aliphatic heterocycles. The van der Waals surface area contributed by atoms with E-state index in [9.17, 15) is 14.7 Å². The number of carbonyl (C=O) groups excluding carboxylic acids is 1. The van der Waals surface area contributed by atoms with E-state index in [2.05, 4.69) is 0 Å². The fraction of sp³-hybridized carbons (Fsp3) is 0.375. The molecule has 4 aliphatic rings. The van der Waals surface area contributed by atoms with E-state index < -0.39 is 29.5 Å². The molecule has 1 aromatic carbocycles. The summed E-state index contributed by atoms with van der Waals surface area (Å²) in [5, 5.41) is 9.46. The van der Waals surface area contributed by atoms with Gasteiger partial charge in [-0.1, -0.05) is 12.2 Å². The lowest BCUT2D eigenvalue weighted by atomic mass is 9.77. The molecule has 7 heteroatoms. The van der Waals surface area contributed by atoms with Crippen molar-refractivity contribution < 1.29 is 28.9 Å². The second-order valence-corrected chi connectivity index (χ2v) is 6.20. The number of rotatable bonds is 2. The van der Waals surface area contributed by atoms with Gasteiger partial charge in [0.2, 0.25) is 12.7 Å². The van der Waals surface area contributed by atoms with Gasteiger partial charge in [0, 0.05) is 11.8 Å². The Bertz CT molecular complexity index is 774. The molecule has 23 heavy (non-hydrogen) atoms. The Morgan fingerprint density at radius 2 is 2.13 bits per heavy atom. The molecule has 1 spiro atoms. The van der Waals surface area contributed by atoms with E-state index in [0.717, 1.165) is 0 Å². The van der Waals surface area contributed by atoms with Crippen molar-refractivity contribution >= 4 is 17.6 Å². The van der Waals surface area contributed by atoms with Crippen molar-refractivity contribution in [3.63, 3.8) is 0 Å². The first-order chi connectivity index (χ1) is 11.1. The highest BCUT2D eigenvalue weighted by atomic mass is 16.7. The summed E-state index contributed by atoms with van der Waals surface area (Å²) in [4.78, 5) is 26.0. The van der Waals surface area contributed by atoms with Crippen LogP contribution in [0.5, 0.6) is 11.5 Å². The standard InChI is InChI=1S/C16H13NO6/c18-14-13-12(15(19)20)10-3-4-16(13,23-10)6-17(14)8-1-2-9-11(5-8)22-7-21-9/h1-5,10,12-13H,6-7H2,(H,19,20)/t10-,12+,13-,16-/m1/s1. The van der Waals surface area contributed by atoms with Gasteiger partial charge < -0.3 is 24.2 Å². The van der Waals surface area contributed by atoms with Gasteiger partial charge >= 0.3 is 5.97 Å². The number of hydrogen-bond acceptors (Lipinski definition) is 5. The van der Waals surface area contributed by atoms with Crippen LogP contribution < -0.4 is 14.4 Å². The maximum Gasteiger partial charge on any atom is 0.310 e. The number of carboxylic acids is 1. The molecule has 0 saturated carbocycles. The smallest absolute Gasteiger partial charge is 0.310 e. The molecule has 2 bridgehead atoms. The maximum atomic E-state index is 12.9. The van der Waals surface area contributed by atoms with Crippen LogP contribution in [0.3, 0.4) is 0 Å². The molecule has 1 aromatic rings. The van der Waals surface area contributed by atoms with Gasteiger partial charge in [-0.15, -0.1) is 0 Å². The molecule has 0 radical (unpaired) electrons. The molecular formula is C16H13NO6. The topological polar surface area (TPSA) is 85.3 Å². The Labute approximate surface area is 131 Å². The normalized spacial score (nSPS) is 35.9.